The number of anilines is 1. The van der Waals surface area contributed by atoms with Gasteiger partial charge in [-0.3, -0.25) is 9.59 Å². The fraction of sp³-hybridized carbons (Fsp3) is 0.259. The van der Waals surface area contributed by atoms with Crippen molar-refractivity contribution in [3.8, 4) is 11.1 Å². The van der Waals surface area contributed by atoms with Crippen LogP contribution in [0.1, 0.15) is 50.0 Å². The number of nitrogens with zero attached hydrogens (tertiary/aromatic N) is 3. The highest BCUT2D eigenvalue weighted by atomic mass is 16.5. The Kier molecular flexibility index (Phi) is 5.84. The number of fused-ring (bicyclic) bond motifs is 3. The van der Waals surface area contributed by atoms with E-state index >= 15 is 0 Å². The van der Waals surface area contributed by atoms with Crippen molar-refractivity contribution in [2.45, 2.75) is 13.3 Å². The Morgan fingerprint density at radius 1 is 0.882 bits per heavy atom. The summed E-state index contributed by atoms with van der Waals surface area (Å²) in [6.07, 6.45) is 2.32. The summed E-state index contributed by atoms with van der Waals surface area (Å²) in [5.74, 6) is 0.284. The van der Waals surface area contributed by atoms with E-state index < -0.39 is 0 Å². The van der Waals surface area contributed by atoms with Crippen molar-refractivity contribution in [1.82, 2.24) is 9.88 Å². The van der Waals surface area contributed by atoms with E-state index in [-0.39, 0.29) is 17.7 Å². The molecule has 0 N–H and O–H groups in total. The molecule has 34 heavy (non-hydrogen) atoms. The molecule has 7 nitrogen and oxygen atoms in total. The summed E-state index contributed by atoms with van der Waals surface area (Å²) in [5, 5.41) is 0. The Hall–Kier alpha value is -4.00. The first kappa shape index (κ1) is 21.8. The number of ether oxygens (including phenoxy) is 1. The molecular formula is C27H25N3O4. The molecule has 0 spiro atoms. The van der Waals surface area contributed by atoms with E-state index in [0.717, 1.165) is 29.9 Å². The molecule has 1 aliphatic carbocycles. The molecule has 172 valence electrons. The van der Waals surface area contributed by atoms with Crippen molar-refractivity contribution < 1.29 is 19.1 Å². The number of hydrogen-bond acceptors (Lipinski definition) is 6. The van der Waals surface area contributed by atoms with Gasteiger partial charge in [-0.1, -0.05) is 30.3 Å². The van der Waals surface area contributed by atoms with Gasteiger partial charge in [0.1, 0.15) is 5.82 Å². The Labute approximate surface area is 198 Å². The number of carbonyl (C=O) groups excluding carboxylic acids is 3. The molecule has 1 amide bonds. The minimum atomic E-state index is -0.384. The van der Waals surface area contributed by atoms with Gasteiger partial charge < -0.3 is 14.5 Å². The Bertz CT molecular complexity index is 1270. The smallest absolute Gasteiger partial charge is 0.339 e. The van der Waals surface area contributed by atoms with Crippen LogP contribution in [0.4, 0.5) is 5.82 Å². The lowest BCUT2D eigenvalue weighted by molar-refractivity contribution is 0.0525. The number of rotatable bonds is 4. The van der Waals surface area contributed by atoms with E-state index in [4.69, 9.17) is 4.74 Å². The first-order valence-corrected chi connectivity index (χ1v) is 11.5. The highest BCUT2D eigenvalue weighted by Crippen LogP contribution is 2.36. The van der Waals surface area contributed by atoms with Crippen LogP contribution in [0.15, 0.2) is 60.8 Å². The summed E-state index contributed by atoms with van der Waals surface area (Å²) < 4.78 is 5.01. The van der Waals surface area contributed by atoms with E-state index in [9.17, 15) is 14.4 Å². The quantitative estimate of drug-likeness (QED) is 0.435. The molecule has 1 aliphatic heterocycles. The van der Waals surface area contributed by atoms with Crippen LogP contribution in [0.25, 0.3) is 11.1 Å². The van der Waals surface area contributed by atoms with Crippen LogP contribution < -0.4 is 4.90 Å². The van der Waals surface area contributed by atoms with Crippen LogP contribution in [-0.4, -0.2) is 60.3 Å². The number of amides is 1. The van der Waals surface area contributed by atoms with Crippen molar-refractivity contribution in [2.24, 2.45) is 0 Å². The lowest BCUT2D eigenvalue weighted by Crippen LogP contribution is -2.35. The monoisotopic (exact) mass is 455 g/mol. The Morgan fingerprint density at radius 3 is 2.41 bits per heavy atom. The zero-order valence-corrected chi connectivity index (χ0v) is 19.0. The van der Waals surface area contributed by atoms with E-state index in [1.165, 1.54) is 6.20 Å². The topological polar surface area (TPSA) is 79.8 Å². The van der Waals surface area contributed by atoms with Gasteiger partial charge in [-0.25, -0.2) is 9.78 Å². The number of ketones is 1. The van der Waals surface area contributed by atoms with E-state index in [0.29, 0.717) is 48.5 Å². The molecule has 1 aromatic heterocycles. The van der Waals surface area contributed by atoms with Crippen molar-refractivity contribution >= 4 is 23.5 Å². The zero-order chi connectivity index (χ0) is 23.7. The average molecular weight is 456 g/mol. The molecule has 0 saturated carbocycles. The number of aromatic nitrogens is 1. The SMILES string of the molecule is CCOC(=O)c1ccc(N2CCCN(C(=O)c3ccc4c(c3)C(=O)c3ccccc3-4)CC2)nc1. The molecule has 5 rings (SSSR count). The van der Waals surface area contributed by atoms with Crippen LogP contribution in [0.3, 0.4) is 0 Å². The third-order valence-electron chi connectivity index (χ3n) is 6.34. The first-order valence-electron chi connectivity index (χ1n) is 11.5. The number of benzene rings is 2. The summed E-state index contributed by atoms with van der Waals surface area (Å²) in [6, 6.07) is 16.5. The average Bonchev–Trinajstić information content (AvgIpc) is 3.02. The summed E-state index contributed by atoms with van der Waals surface area (Å²) in [7, 11) is 0. The van der Waals surface area contributed by atoms with Gasteiger partial charge in [0.15, 0.2) is 5.78 Å². The number of pyridine rings is 1. The molecule has 0 atom stereocenters. The summed E-state index contributed by atoms with van der Waals surface area (Å²) in [6.45, 7) is 4.65. The predicted octanol–water partition coefficient (Wildman–Crippen LogP) is 3.82. The molecule has 1 saturated heterocycles. The third kappa shape index (κ3) is 3.94. The first-order chi connectivity index (χ1) is 16.6. The summed E-state index contributed by atoms with van der Waals surface area (Å²) in [5.41, 5.74) is 4.05. The molecular weight excluding hydrogens is 430 g/mol. The maximum absolute atomic E-state index is 13.3. The van der Waals surface area contributed by atoms with Crippen molar-refractivity contribution in [1.29, 1.82) is 0 Å². The van der Waals surface area contributed by atoms with Crippen LogP contribution in [-0.2, 0) is 4.74 Å². The minimum absolute atomic E-state index is 0.0281. The normalized spacial score (nSPS) is 14.9. The maximum atomic E-state index is 13.3. The van der Waals surface area contributed by atoms with Gasteiger partial charge in [-0.15, -0.1) is 0 Å². The Balaban J connectivity index is 1.28. The largest absolute Gasteiger partial charge is 0.462 e. The molecule has 2 aliphatic rings. The highest BCUT2D eigenvalue weighted by molar-refractivity contribution is 6.22. The third-order valence-corrected chi connectivity index (χ3v) is 6.34. The Morgan fingerprint density at radius 2 is 1.65 bits per heavy atom. The molecule has 3 aromatic rings. The number of hydrogen-bond donors (Lipinski definition) is 0. The van der Waals surface area contributed by atoms with Gasteiger partial charge in [-0.2, -0.15) is 0 Å². The van der Waals surface area contributed by atoms with E-state index in [1.807, 2.05) is 47.4 Å². The lowest BCUT2D eigenvalue weighted by Gasteiger charge is -2.23. The molecule has 2 heterocycles. The van der Waals surface area contributed by atoms with E-state index in [1.54, 1.807) is 19.1 Å². The molecule has 0 unspecified atom stereocenters. The van der Waals surface area contributed by atoms with Gasteiger partial charge in [0.2, 0.25) is 0 Å². The molecule has 7 heteroatoms. The van der Waals surface area contributed by atoms with Crippen LogP contribution >= 0.6 is 0 Å². The predicted molar refractivity (Wildman–Crippen MR) is 128 cm³/mol. The lowest BCUT2D eigenvalue weighted by atomic mass is 10.0. The summed E-state index contributed by atoms with van der Waals surface area (Å²) >= 11 is 0. The fourth-order valence-corrected chi connectivity index (χ4v) is 4.60. The van der Waals surface area contributed by atoms with E-state index in [2.05, 4.69) is 9.88 Å². The molecule has 0 radical (unpaired) electrons. The van der Waals surface area contributed by atoms with Gasteiger partial charge in [-0.05, 0) is 48.7 Å². The van der Waals surface area contributed by atoms with Crippen LogP contribution in [0.2, 0.25) is 0 Å². The van der Waals surface area contributed by atoms with Gasteiger partial charge >= 0.3 is 5.97 Å². The second-order valence-electron chi connectivity index (χ2n) is 8.39. The minimum Gasteiger partial charge on any atom is -0.462 e. The number of carbonyl (C=O) groups is 3. The molecule has 1 fully saturated rings. The van der Waals surface area contributed by atoms with Gasteiger partial charge in [0, 0.05) is 49.1 Å². The van der Waals surface area contributed by atoms with Crippen molar-refractivity contribution in [3.05, 3.63) is 83.0 Å². The number of esters is 1. The molecule has 2 aromatic carbocycles. The zero-order valence-electron chi connectivity index (χ0n) is 19.0. The van der Waals surface area contributed by atoms with Crippen molar-refractivity contribution in [2.75, 3.05) is 37.7 Å². The fourth-order valence-electron chi connectivity index (χ4n) is 4.60. The van der Waals surface area contributed by atoms with Crippen LogP contribution in [0, 0.1) is 0 Å². The van der Waals surface area contributed by atoms with Crippen LogP contribution in [0.5, 0.6) is 0 Å². The standard InChI is InChI=1S/C27H25N3O4/c1-2-34-27(33)19-9-11-24(28-17-19)29-12-5-13-30(15-14-29)26(32)18-8-10-21-20-6-3-4-7-22(20)25(31)23(21)16-18/h3-4,6-11,16-17H,2,5,12-15H2,1H3. The second-order valence-corrected chi connectivity index (χ2v) is 8.39. The highest BCUT2D eigenvalue weighted by Gasteiger charge is 2.28. The van der Waals surface area contributed by atoms with Crippen molar-refractivity contribution in [3.63, 3.8) is 0 Å². The maximum Gasteiger partial charge on any atom is 0.339 e. The second kappa shape index (κ2) is 9.09. The molecule has 0 bridgehead atoms. The van der Waals surface area contributed by atoms with Gasteiger partial charge in [0.05, 0.1) is 12.2 Å². The summed E-state index contributed by atoms with van der Waals surface area (Å²) in [4.78, 5) is 46.3. The van der Waals surface area contributed by atoms with Gasteiger partial charge in [0.25, 0.3) is 5.91 Å².